The van der Waals surface area contributed by atoms with E-state index < -0.39 is 8.32 Å². The molecule has 0 fully saturated rings. The van der Waals surface area contributed by atoms with Crippen LogP contribution in [0.4, 0.5) is 0 Å². The number of hydrogen-bond acceptors (Lipinski definition) is 2. The SMILES string of the molecule is CC[Si](CC)(CC)OC(=O)CI. The highest BCUT2D eigenvalue weighted by atomic mass is 127. The van der Waals surface area contributed by atoms with Gasteiger partial charge in [-0.1, -0.05) is 43.4 Å². The summed E-state index contributed by atoms with van der Waals surface area (Å²) in [5.74, 6) is -0.0344. The Kier molecular flexibility index (Phi) is 6.17. The standard InChI is InChI=1S/C8H17IO2Si/c1-4-12(5-2,6-3)11-8(10)7-9/h4-7H2,1-3H3. The van der Waals surface area contributed by atoms with Crippen molar-refractivity contribution in [3.05, 3.63) is 0 Å². The lowest BCUT2D eigenvalue weighted by molar-refractivity contribution is -0.132. The van der Waals surface area contributed by atoms with Crippen LogP contribution in [0.2, 0.25) is 18.1 Å². The molecule has 0 aliphatic rings. The number of carbonyl (C=O) groups excluding carboxylic acids is 1. The molecule has 4 heteroatoms. The van der Waals surface area contributed by atoms with Gasteiger partial charge in [-0.2, -0.15) is 0 Å². The van der Waals surface area contributed by atoms with E-state index in [0.717, 1.165) is 18.1 Å². The van der Waals surface area contributed by atoms with E-state index in [1.54, 1.807) is 0 Å². The second-order valence-corrected chi connectivity index (χ2v) is 8.31. The van der Waals surface area contributed by atoms with Crippen LogP contribution in [0.5, 0.6) is 0 Å². The molecule has 0 saturated carbocycles. The summed E-state index contributed by atoms with van der Waals surface area (Å²) in [6, 6.07) is 3.13. The van der Waals surface area contributed by atoms with E-state index in [0.29, 0.717) is 4.43 Å². The van der Waals surface area contributed by atoms with Crippen LogP contribution in [0.1, 0.15) is 20.8 Å². The van der Waals surface area contributed by atoms with Gasteiger partial charge < -0.3 is 4.43 Å². The first-order valence-electron chi connectivity index (χ1n) is 4.42. The van der Waals surface area contributed by atoms with Gasteiger partial charge in [0.25, 0.3) is 8.32 Å². The molecular formula is C8H17IO2Si. The number of carbonyl (C=O) groups is 1. The summed E-state index contributed by atoms with van der Waals surface area (Å²) in [5, 5.41) is 0. The zero-order valence-corrected chi connectivity index (χ0v) is 11.2. The summed E-state index contributed by atoms with van der Waals surface area (Å²) in [6.07, 6.45) is 0. The van der Waals surface area contributed by atoms with Crippen LogP contribution in [0.15, 0.2) is 0 Å². The smallest absolute Gasteiger partial charge is 0.302 e. The highest BCUT2D eigenvalue weighted by Crippen LogP contribution is 2.21. The second kappa shape index (κ2) is 5.96. The normalized spacial score (nSPS) is 11.3. The Morgan fingerprint density at radius 2 is 1.67 bits per heavy atom. The van der Waals surface area contributed by atoms with Crippen LogP contribution in [0.25, 0.3) is 0 Å². The topological polar surface area (TPSA) is 26.3 Å². The summed E-state index contributed by atoms with van der Waals surface area (Å²) in [4.78, 5) is 11.1. The maximum Gasteiger partial charge on any atom is 0.302 e. The van der Waals surface area contributed by atoms with E-state index in [4.69, 9.17) is 4.43 Å². The van der Waals surface area contributed by atoms with Gasteiger partial charge in [0.2, 0.25) is 0 Å². The van der Waals surface area contributed by atoms with E-state index in [-0.39, 0.29) is 5.97 Å². The molecule has 0 amide bonds. The van der Waals surface area contributed by atoms with E-state index in [9.17, 15) is 4.79 Å². The molecule has 0 bridgehead atoms. The lowest BCUT2D eigenvalue weighted by Gasteiger charge is -2.26. The largest absolute Gasteiger partial charge is 0.519 e. The van der Waals surface area contributed by atoms with Crippen molar-refractivity contribution in [3.63, 3.8) is 0 Å². The van der Waals surface area contributed by atoms with Gasteiger partial charge in [0.1, 0.15) is 0 Å². The molecule has 0 saturated heterocycles. The molecule has 0 spiro atoms. The van der Waals surface area contributed by atoms with Crippen molar-refractivity contribution in [2.24, 2.45) is 0 Å². The molecule has 72 valence electrons. The fourth-order valence-corrected chi connectivity index (χ4v) is 4.17. The lowest BCUT2D eigenvalue weighted by Crippen LogP contribution is -2.38. The van der Waals surface area contributed by atoms with Crippen molar-refractivity contribution in [2.75, 3.05) is 4.43 Å². The highest BCUT2D eigenvalue weighted by Gasteiger charge is 2.32. The molecule has 0 rings (SSSR count). The van der Waals surface area contributed by atoms with Crippen molar-refractivity contribution in [3.8, 4) is 0 Å². The lowest BCUT2D eigenvalue weighted by atomic mass is 10.8. The van der Waals surface area contributed by atoms with Gasteiger partial charge in [-0.05, 0) is 18.1 Å². The zero-order chi connectivity index (χ0) is 9.61. The zero-order valence-electron chi connectivity index (χ0n) is 8.02. The molecule has 0 atom stereocenters. The summed E-state index contributed by atoms with van der Waals surface area (Å²) < 4.78 is 6.01. The van der Waals surface area contributed by atoms with E-state index in [1.807, 2.05) is 0 Å². The summed E-state index contributed by atoms with van der Waals surface area (Å²) in [5.41, 5.74) is 0. The molecule has 0 heterocycles. The van der Waals surface area contributed by atoms with Gasteiger partial charge in [-0.25, -0.2) is 0 Å². The van der Waals surface area contributed by atoms with Crippen LogP contribution in [-0.2, 0) is 9.22 Å². The predicted molar refractivity (Wildman–Crippen MR) is 62.2 cm³/mol. The molecule has 2 nitrogen and oxygen atoms in total. The van der Waals surface area contributed by atoms with Gasteiger partial charge in [0.15, 0.2) is 0 Å². The third kappa shape index (κ3) is 3.43. The van der Waals surface area contributed by atoms with E-state index >= 15 is 0 Å². The Morgan fingerprint density at radius 3 is 1.92 bits per heavy atom. The average Bonchev–Trinajstić information content (AvgIpc) is 2.14. The first-order chi connectivity index (χ1) is 5.64. The minimum Gasteiger partial charge on any atom is -0.519 e. The quantitative estimate of drug-likeness (QED) is 0.443. The summed E-state index contributed by atoms with van der Waals surface area (Å²) in [6.45, 7) is 6.37. The molecule has 0 aliphatic heterocycles. The van der Waals surface area contributed by atoms with E-state index in [2.05, 4.69) is 43.4 Å². The van der Waals surface area contributed by atoms with Gasteiger partial charge >= 0.3 is 5.97 Å². The fourth-order valence-electron chi connectivity index (χ4n) is 1.24. The van der Waals surface area contributed by atoms with Crippen LogP contribution in [0.3, 0.4) is 0 Å². The van der Waals surface area contributed by atoms with Crippen molar-refractivity contribution in [2.45, 2.75) is 38.9 Å². The van der Waals surface area contributed by atoms with Crippen molar-refractivity contribution < 1.29 is 9.22 Å². The molecule has 0 aromatic carbocycles. The van der Waals surface area contributed by atoms with Crippen LogP contribution in [-0.4, -0.2) is 18.7 Å². The van der Waals surface area contributed by atoms with Gasteiger partial charge in [0.05, 0.1) is 4.43 Å². The van der Waals surface area contributed by atoms with Gasteiger partial charge in [0, 0.05) is 0 Å². The Balaban J connectivity index is 4.19. The molecule has 0 radical (unpaired) electrons. The van der Waals surface area contributed by atoms with Crippen LogP contribution < -0.4 is 0 Å². The third-order valence-corrected chi connectivity index (χ3v) is 7.52. The Hall–Kier alpha value is 0.417. The molecule has 0 N–H and O–H groups in total. The molecule has 0 unspecified atom stereocenters. The minimum absolute atomic E-state index is 0.0344. The second-order valence-electron chi connectivity index (χ2n) is 2.85. The Morgan fingerprint density at radius 1 is 1.25 bits per heavy atom. The average molecular weight is 300 g/mol. The van der Waals surface area contributed by atoms with Gasteiger partial charge in [-0.15, -0.1) is 0 Å². The van der Waals surface area contributed by atoms with Crippen molar-refractivity contribution >= 4 is 36.9 Å². The molecule has 0 aromatic rings. The first kappa shape index (κ1) is 12.4. The maximum atomic E-state index is 11.1. The number of hydrogen-bond donors (Lipinski definition) is 0. The monoisotopic (exact) mass is 300 g/mol. The Bertz CT molecular complexity index is 138. The summed E-state index contributed by atoms with van der Waals surface area (Å²) >= 11 is 2.05. The molecule has 0 aromatic heterocycles. The molecule has 12 heavy (non-hydrogen) atoms. The molecule has 0 aliphatic carbocycles. The van der Waals surface area contributed by atoms with Crippen LogP contribution >= 0.6 is 22.6 Å². The van der Waals surface area contributed by atoms with E-state index in [1.165, 1.54) is 0 Å². The number of rotatable bonds is 5. The van der Waals surface area contributed by atoms with Crippen LogP contribution in [0, 0.1) is 0 Å². The maximum absolute atomic E-state index is 11.1. The predicted octanol–water partition coefficient (Wildman–Crippen LogP) is 2.97. The minimum atomic E-state index is -1.66. The Labute approximate surface area is 89.3 Å². The summed E-state index contributed by atoms with van der Waals surface area (Å²) in [7, 11) is -1.66. The van der Waals surface area contributed by atoms with Gasteiger partial charge in [-0.3, -0.25) is 4.79 Å². The number of halogens is 1. The van der Waals surface area contributed by atoms with Crippen molar-refractivity contribution in [1.29, 1.82) is 0 Å². The molecular weight excluding hydrogens is 283 g/mol. The fraction of sp³-hybridized carbons (Fsp3) is 0.875. The first-order valence-corrected chi connectivity index (χ1v) is 8.47. The highest BCUT2D eigenvalue weighted by molar-refractivity contribution is 14.1. The van der Waals surface area contributed by atoms with Crippen molar-refractivity contribution in [1.82, 2.24) is 0 Å². The number of alkyl halides is 1. The third-order valence-electron chi connectivity index (χ3n) is 2.37.